The normalized spacial score (nSPS) is 12.5. The monoisotopic (exact) mass is 673 g/mol. The van der Waals surface area contributed by atoms with E-state index in [1.807, 2.05) is 65.2 Å². The molecule has 0 fully saturated rings. The van der Waals surface area contributed by atoms with E-state index in [-0.39, 0.29) is 23.3 Å². The number of benzene rings is 3. The highest BCUT2D eigenvalue weighted by Gasteiger charge is 2.27. The smallest absolute Gasteiger partial charge is 0.254 e. The number of thiophene rings is 1. The predicted molar refractivity (Wildman–Crippen MR) is 174 cm³/mol. The lowest BCUT2D eigenvalue weighted by Crippen LogP contribution is -2.25. The van der Waals surface area contributed by atoms with Crippen molar-refractivity contribution in [1.29, 1.82) is 0 Å². The molecular formula is C32H28BrN5O3S2. The highest BCUT2D eigenvalue weighted by Crippen LogP contribution is 2.39. The number of amides is 2. The van der Waals surface area contributed by atoms with Gasteiger partial charge in [-0.2, -0.15) is 0 Å². The Bertz CT molecular complexity index is 1770. The van der Waals surface area contributed by atoms with Gasteiger partial charge in [0.2, 0.25) is 5.91 Å². The zero-order chi connectivity index (χ0) is 29.8. The molecule has 11 heteroatoms. The molecule has 2 heterocycles. The summed E-state index contributed by atoms with van der Waals surface area (Å²) in [5, 5.41) is 26.5. The molecule has 5 aromatic rings. The van der Waals surface area contributed by atoms with Crippen LogP contribution < -0.4 is 10.6 Å². The van der Waals surface area contributed by atoms with Gasteiger partial charge in [-0.15, -0.1) is 21.5 Å². The van der Waals surface area contributed by atoms with E-state index in [1.54, 1.807) is 18.2 Å². The van der Waals surface area contributed by atoms with Gasteiger partial charge in [0.25, 0.3) is 5.91 Å². The molecule has 0 saturated heterocycles. The standard InChI is InChI=1S/C32H28BrN5O3S2/c33-21-15-16-25(39)24(17-21)29-36-37-32(38(29)22-11-5-2-6-12-22)42-19-27(40)35-31-28(23-13-7-8-14-26(23)43-31)30(41)34-18-20-9-3-1-4-10-20/h1-6,9-12,15-17,39H,7-8,13-14,18-19H2,(H,34,41)(H,35,40). The second kappa shape index (κ2) is 13.2. The van der Waals surface area contributed by atoms with E-state index < -0.39 is 0 Å². The molecule has 1 aliphatic rings. The molecule has 8 nitrogen and oxygen atoms in total. The Hall–Kier alpha value is -3.93. The molecule has 218 valence electrons. The van der Waals surface area contributed by atoms with Crippen molar-refractivity contribution in [2.45, 2.75) is 37.4 Å². The number of carbonyl (C=O) groups excluding carboxylic acids is 2. The molecule has 0 radical (unpaired) electrons. The van der Waals surface area contributed by atoms with Crippen molar-refractivity contribution in [3.63, 3.8) is 0 Å². The molecule has 0 aliphatic heterocycles. The Morgan fingerprint density at radius 2 is 1.72 bits per heavy atom. The van der Waals surface area contributed by atoms with Gasteiger partial charge in [0.05, 0.1) is 16.9 Å². The molecule has 2 aromatic heterocycles. The fourth-order valence-corrected chi connectivity index (χ4v) is 7.50. The number of nitrogens with one attached hydrogen (secondary N) is 2. The number of para-hydroxylation sites is 1. The number of aryl methyl sites for hydroxylation is 1. The second-order valence-electron chi connectivity index (χ2n) is 10.1. The first-order valence-corrected chi connectivity index (χ1v) is 16.5. The first-order valence-electron chi connectivity index (χ1n) is 13.9. The number of aromatic nitrogens is 3. The van der Waals surface area contributed by atoms with Gasteiger partial charge in [-0.1, -0.05) is 76.2 Å². The number of rotatable bonds is 9. The van der Waals surface area contributed by atoms with Gasteiger partial charge >= 0.3 is 0 Å². The maximum absolute atomic E-state index is 13.4. The predicted octanol–water partition coefficient (Wildman–Crippen LogP) is 7.00. The highest BCUT2D eigenvalue weighted by atomic mass is 79.9. The molecule has 6 rings (SSSR count). The van der Waals surface area contributed by atoms with E-state index in [0.717, 1.165) is 47.0 Å². The van der Waals surface area contributed by atoms with Gasteiger partial charge in [0.15, 0.2) is 11.0 Å². The Balaban J connectivity index is 1.23. The van der Waals surface area contributed by atoms with E-state index >= 15 is 0 Å². The van der Waals surface area contributed by atoms with Crippen LogP contribution in [0.25, 0.3) is 17.1 Å². The number of phenols is 1. The topological polar surface area (TPSA) is 109 Å². The second-order valence-corrected chi connectivity index (χ2v) is 13.0. The number of hydrogen-bond donors (Lipinski definition) is 3. The van der Waals surface area contributed by atoms with Crippen LogP contribution in [0.1, 0.15) is 39.2 Å². The number of anilines is 1. The molecule has 0 unspecified atom stereocenters. The van der Waals surface area contributed by atoms with Crippen LogP contribution in [0.4, 0.5) is 5.00 Å². The first-order chi connectivity index (χ1) is 21.0. The lowest BCUT2D eigenvalue weighted by molar-refractivity contribution is -0.113. The van der Waals surface area contributed by atoms with Crippen LogP contribution in [-0.2, 0) is 24.2 Å². The zero-order valence-corrected chi connectivity index (χ0v) is 26.3. The highest BCUT2D eigenvalue weighted by molar-refractivity contribution is 9.10. The summed E-state index contributed by atoms with van der Waals surface area (Å²) in [4.78, 5) is 27.9. The molecule has 0 atom stereocenters. The van der Waals surface area contributed by atoms with Crippen molar-refractivity contribution in [1.82, 2.24) is 20.1 Å². The fourth-order valence-electron chi connectivity index (χ4n) is 5.09. The minimum Gasteiger partial charge on any atom is -0.507 e. The Morgan fingerprint density at radius 1 is 0.977 bits per heavy atom. The molecule has 43 heavy (non-hydrogen) atoms. The summed E-state index contributed by atoms with van der Waals surface area (Å²) in [6, 6.07) is 24.5. The molecule has 2 amide bonds. The van der Waals surface area contributed by atoms with Gasteiger partial charge in [-0.25, -0.2) is 0 Å². The average Bonchev–Trinajstić information content (AvgIpc) is 3.62. The quantitative estimate of drug-likeness (QED) is 0.145. The molecule has 3 aromatic carbocycles. The fraction of sp³-hybridized carbons (Fsp3) is 0.188. The zero-order valence-electron chi connectivity index (χ0n) is 23.0. The lowest BCUT2D eigenvalue weighted by Gasteiger charge is -2.13. The van der Waals surface area contributed by atoms with E-state index in [0.29, 0.717) is 33.7 Å². The summed E-state index contributed by atoms with van der Waals surface area (Å²) in [6.45, 7) is 0.415. The first kappa shape index (κ1) is 29.2. The minimum absolute atomic E-state index is 0.0586. The van der Waals surface area contributed by atoms with E-state index in [4.69, 9.17) is 0 Å². The molecular weight excluding hydrogens is 646 g/mol. The summed E-state index contributed by atoms with van der Waals surface area (Å²) >= 11 is 6.21. The number of halogens is 1. The number of fused-ring (bicyclic) bond motifs is 1. The van der Waals surface area contributed by atoms with Gasteiger partial charge < -0.3 is 15.7 Å². The summed E-state index contributed by atoms with van der Waals surface area (Å²) in [5.74, 6) is 0.171. The van der Waals surface area contributed by atoms with Crippen LogP contribution in [0.2, 0.25) is 0 Å². The molecule has 3 N–H and O–H groups in total. The number of carbonyl (C=O) groups is 2. The SMILES string of the molecule is O=C(CSc1nnc(-c2cc(Br)ccc2O)n1-c1ccccc1)Nc1sc2c(c1C(=O)NCc1ccccc1)CCCC2. The van der Waals surface area contributed by atoms with E-state index in [9.17, 15) is 14.7 Å². The number of nitrogens with zero attached hydrogens (tertiary/aromatic N) is 3. The summed E-state index contributed by atoms with van der Waals surface area (Å²) in [5.41, 5.74) is 3.95. The third kappa shape index (κ3) is 6.53. The lowest BCUT2D eigenvalue weighted by atomic mass is 9.95. The van der Waals surface area contributed by atoms with Crippen molar-refractivity contribution < 1.29 is 14.7 Å². The summed E-state index contributed by atoms with van der Waals surface area (Å²) in [6.07, 6.45) is 3.84. The third-order valence-electron chi connectivity index (χ3n) is 7.13. The van der Waals surface area contributed by atoms with Crippen LogP contribution in [0.15, 0.2) is 88.5 Å². The van der Waals surface area contributed by atoms with Crippen LogP contribution in [0, 0.1) is 0 Å². The Labute approximate surface area is 265 Å². The van der Waals surface area contributed by atoms with Crippen molar-refractivity contribution in [2.24, 2.45) is 0 Å². The largest absolute Gasteiger partial charge is 0.507 e. The summed E-state index contributed by atoms with van der Waals surface area (Å²) in [7, 11) is 0. The number of aromatic hydroxyl groups is 1. The van der Waals surface area contributed by atoms with Gasteiger partial charge in [-0.3, -0.25) is 14.2 Å². The van der Waals surface area contributed by atoms with Gasteiger partial charge in [-0.05, 0) is 67.1 Å². The molecule has 0 bridgehead atoms. The van der Waals surface area contributed by atoms with Crippen LogP contribution in [0.5, 0.6) is 5.75 Å². The maximum atomic E-state index is 13.4. The van der Waals surface area contributed by atoms with Crippen molar-refractivity contribution in [3.05, 3.63) is 105 Å². The van der Waals surface area contributed by atoms with Crippen molar-refractivity contribution >= 4 is 55.8 Å². The van der Waals surface area contributed by atoms with E-state index in [2.05, 4.69) is 36.8 Å². The molecule has 0 spiro atoms. The van der Waals surface area contributed by atoms with Gasteiger partial charge in [0.1, 0.15) is 10.8 Å². The molecule has 0 saturated carbocycles. The number of phenolic OH excluding ortho intramolecular Hbond substituents is 1. The van der Waals surface area contributed by atoms with E-state index in [1.165, 1.54) is 28.0 Å². The van der Waals surface area contributed by atoms with Crippen molar-refractivity contribution in [2.75, 3.05) is 11.1 Å². The van der Waals surface area contributed by atoms with Crippen LogP contribution in [0.3, 0.4) is 0 Å². The average molecular weight is 675 g/mol. The van der Waals surface area contributed by atoms with Crippen LogP contribution >= 0.6 is 39.0 Å². The van der Waals surface area contributed by atoms with Gasteiger partial charge in [0, 0.05) is 21.6 Å². The van der Waals surface area contributed by atoms with Crippen molar-refractivity contribution in [3.8, 4) is 22.8 Å². The number of hydrogen-bond acceptors (Lipinski definition) is 7. The molecule has 1 aliphatic carbocycles. The van der Waals surface area contributed by atoms with Crippen LogP contribution in [-0.4, -0.2) is 37.4 Å². The minimum atomic E-state index is -0.241. The maximum Gasteiger partial charge on any atom is 0.254 e. The Morgan fingerprint density at radius 3 is 2.51 bits per heavy atom. The third-order valence-corrected chi connectivity index (χ3v) is 9.76. The number of thioether (sulfide) groups is 1. The summed E-state index contributed by atoms with van der Waals surface area (Å²) < 4.78 is 2.62. The Kier molecular flexibility index (Phi) is 8.92.